The number of carbonyl (C=O) groups is 1. The highest BCUT2D eigenvalue weighted by Crippen LogP contribution is 2.47. The van der Waals surface area contributed by atoms with Gasteiger partial charge in [-0.2, -0.15) is 13.2 Å². The zero-order valence-corrected chi connectivity index (χ0v) is 16.9. The molecule has 30 heavy (non-hydrogen) atoms. The van der Waals surface area contributed by atoms with E-state index < -0.39 is 23.3 Å². The molecule has 0 aromatic heterocycles. The van der Waals surface area contributed by atoms with Crippen LogP contribution in [0.4, 0.5) is 18.9 Å². The summed E-state index contributed by atoms with van der Waals surface area (Å²) in [5, 5.41) is 9.11. The number of hydrogen-bond donors (Lipinski definition) is 1. The number of benzene rings is 2. The number of carboxylic acid groups (broad SMARTS) is 1. The summed E-state index contributed by atoms with van der Waals surface area (Å²) in [6, 6.07) is 11.6. The van der Waals surface area contributed by atoms with Gasteiger partial charge in [0.1, 0.15) is 11.4 Å². The van der Waals surface area contributed by atoms with Crippen molar-refractivity contribution in [1.29, 1.82) is 0 Å². The van der Waals surface area contributed by atoms with Crippen molar-refractivity contribution >= 4 is 11.7 Å². The minimum absolute atomic E-state index is 0.0996. The second-order valence-electron chi connectivity index (χ2n) is 8.45. The van der Waals surface area contributed by atoms with Crippen LogP contribution in [0.15, 0.2) is 42.5 Å². The van der Waals surface area contributed by atoms with Crippen molar-refractivity contribution in [3.8, 4) is 5.75 Å². The molecule has 0 amide bonds. The Labute approximate surface area is 173 Å². The minimum atomic E-state index is -4.42. The van der Waals surface area contributed by atoms with Crippen LogP contribution >= 0.6 is 0 Å². The van der Waals surface area contributed by atoms with E-state index in [1.807, 2.05) is 43.0 Å². The summed E-state index contributed by atoms with van der Waals surface area (Å²) in [6.45, 7) is 4.83. The van der Waals surface area contributed by atoms with Crippen molar-refractivity contribution in [1.82, 2.24) is 0 Å². The first-order valence-corrected chi connectivity index (χ1v) is 10.1. The standard InChI is InChI=1S/C23H24F3NO3/c1-3-22(2)11-19(18-8-7-16(23(24,25)26)10-20(18)30-22)14-5-4-6-17(9-14)27-12-15(13-27)21(28)29/h4-10,15,19H,3,11-13H2,1-2H3,(H,28,29). The second-order valence-corrected chi connectivity index (χ2v) is 8.45. The van der Waals surface area contributed by atoms with Gasteiger partial charge in [0.25, 0.3) is 0 Å². The van der Waals surface area contributed by atoms with Crippen LogP contribution in [-0.2, 0) is 11.0 Å². The molecule has 2 atom stereocenters. The molecule has 2 aromatic carbocycles. The molecule has 0 spiro atoms. The number of rotatable bonds is 4. The van der Waals surface area contributed by atoms with Crippen molar-refractivity contribution in [2.24, 2.45) is 5.92 Å². The Kier molecular flexibility index (Phi) is 4.95. The summed E-state index contributed by atoms with van der Waals surface area (Å²) in [5.74, 6) is -0.968. The average Bonchev–Trinajstić information content (AvgIpc) is 2.65. The lowest BCUT2D eigenvalue weighted by Crippen LogP contribution is -2.50. The van der Waals surface area contributed by atoms with Gasteiger partial charge in [-0.1, -0.05) is 25.1 Å². The summed E-state index contributed by atoms with van der Waals surface area (Å²) in [5.41, 5.74) is 1.40. The lowest BCUT2D eigenvalue weighted by Gasteiger charge is -2.41. The van der Waals surface area contributed by atoms with Gasteiger partial charge >= 0.3 is 12.1 Å². The summed E-state index contributed by atoms with van der Waals surface area (Å²) >= 11 is 0. The maximum atomic E-state index is 13.2. The molecule has 160 valence electrons. The van der Waals surface area contributed by atoms with Crippen molar-refractivity contribution in [3.05, 3.63) is 59.2 Å². The second kappa shape index (κ2) is 7.22. The summed E-state index contributed by atoms with van der Waals surface area (Å²) in [7, 11) is 0. The maximum absolute atomic E-state index is 13.2. The van der Waals surface area contributed by atoms with E-state index in [0.717, 1.165) is 28.9 Å². The molecular formula is C23H24F3NO3. The van der Waals surface area contributed by atoms with E-state index in [1.54, 1.807) is 0 Å². The minimum Gasteiger partial charge on any atom is -0.487 e. The van der Waals surface area contributed by atoms with Crippen LogP contribution < -0.4 is 9.64 Å². The lowest BCUT2D eigenvalue weighted by atomic mass is 9.78. The molecule has 0 radical (unpaired) electrons. The smallest absolute Gasteiger partial charge is 0.416 e. The third kappa shape index (κ3) is 3.73. The Bertz CT molecular complexity index is 968. The van der Waals surface area contributed by atoms with E-state index >= 15 is 0 Å². The number of anilines is 1. The van der Waals surface area contributed by atoms with Crippen LogP contribution in [0, 0.1) is 5.92 Å². The van der Waals surface area contributed by atoms with E-state index in [-0.39, 0.29) is 17.6 Å². The number of carboxylic acids is 1. The van der Waals surface area contributed by atoms with Crippen molar-refractivity contribution in [2.45, 2.75) is 44.4 Å². The van der Waals surface area contributed by atoms with Crippen LogP contribution in [0.3, 0.4) is 0 Å². The van der Waals surface area contributed by atoms with E-state index in [2.05, 4.69) is 0 Å². The van der Waals surface area contributed by atoms with Crippen LogP contribution in [0.1, 0.15) is 49.3 Å². The van der Waals surface area contributed by atoms with E-state index in [1.165, 1.54) is 6.07 Å². The SMILES string of the molecule is CCC1(C)CC(c2cccc(N3CC(C(=O)O)C3)c2)c2ccc(C(F)(F)F)cc2O1. The quantitative estimate of drug-likeness (QED) is 0.730. The summed E-state index contributed by atoms with van der Waals surface area (Å²) in [6.07, 6.45) is -3.10. The van der Waals surface area contributed by atoms with Gasteiger partial charge in [0.2, 0.25) is 0 Å². The molecule has 2 aromatic rings. The van der Waals surface area contributed by atoms with Gasteiger partial charge in [-0.05, 0) is 49.6 Å². The number of aliphatic carboxylic acids is 1. The highest BCUT2D eigenvalue weighted by Gasteiger charge is 2.40. The zero-order chi connectivity index (χ0) is 21.7. The Morgan fingerprint density at radius 1 is 1.23 bits per heavy atom. The van der Waals surface area contributed by atoms with Crippen LogP contribution in [0.2, 0.25) is 0 Å². The predicted octanol–water partition coefficient (Wildman–Crippen LogP) is 5.31. The molecule has 0 aliphatic carbocycles. The summed E-state index contributed by atoms with van der Waals surface area (Å²) in [4.78, 5) is 13.1. The van der Waals surface area contributed by atoms with Gasteiger partial charge in [0, 0.05) is 30.3 Å². The molecule has 4 rings (SSSR count). The third-order valence-corrected chi connectivity index (χ3v) is 6.32. The molecule has 2 aliphatic heterocycles. The molecule has 2 aliphatic rings. The maximum Gasteiger partial charge on any atom is 0.416 e. The molecule has 1 fully saturated rings. The Morgan fingerprint density at radius 3 is 2.60 bits per heavy atom. The monoisotopic (exact) mass is 419 g/mol. The molecule has 0 bridgehead atoms. The summed E-state index contributed by atoms with van der Waals surface area (Å²) < 4.78 is 45.7. The van der Waals surface area contributed by atoms with Crippen molar-refractivity contribution < 1.29 is 27.8 Å². The number of alkyl halides is 3. The van der Waals surface area contributed by atoms with Crippen LogP contribution in [-0.4, -0.2) is 29.8 Å². The number of halogens is 3. The van der Waals surface area contributed by atoms with Gasteiger partial charge in [-0.15, -0.1) is 0 Å². The first kappa shape index (κ1) is 20.6. The fourth-order valence-electron chi connectivity index (χ4n) is 4.23. The van der Waals surface area contributed by atoms with Crippen LogP contribution in [0.25, 0.3) is 0 Å². The van der Waals surface area contributed by atoms with Crippen LogP contribution in [0.5, 0.6) is 5.75 Å². The van der Waals surface area contributed by atoms with Gasteiger partial charge < -0.3 is 14.7 Å². The fraction of sp³-hybridized carbons (Fsp3) is 0.435. The Balaban J connectivity index is 1.69. The zero-order valence-electron chi connectivity index (χ0n) is 16.9. The predicted molar refractivity (Wildman–Crippen MR) is 107 cm³/mol. The molecule has 4 nitrogen and oxygen atoms in total. The van der Waals surface area contributed by atoms with Gasteiger partial charge in [-0.25, -0.2) is 0 Å². The third-order valence-electron chi connectivity index (χ3n) is 6.32. The largest absolute Gasteiger partial charge is 0.487 e. The van der Waals surface area contributed by atoms with Gasteiger partial charge in [0.15, 0.2) is 0 Å². The van der Waals surface area contributed by atoms with Crippen molar-refractivity contribution in [2.75, 3.05) is 18.0 Å². The van der Waals surface area contributed by atoms with E-state index in [4.69, 9.17) is 9.84 Å². The van der Waals surface area contributed by atoms with Crippen molar-refractivity contribution in [3.63, 3.8) is 0 Å². The molecule has 7 heteroatoms. The highest BCUT2D eigenvalue weighted by atomic mass is 19.4. The topological polar surface area (TPSA) is 49.8 Å². The number of hydrogen-bond acceptors (Lipinski definition) is 3. The van der Waals surface area contributed by atoms with E-state index in [9.17, 15) is 18.0 Å². The Morgan fingerprint density at radius 2 is 1.97 bits per heavy atom. The first-order chi connectivity index (χ1) is 14.1. The normalized spacial score (nSPS) is 24.0. The first-order valence-electron chi connectivity index (χ1n) is 10.1. The molecule has 1 N–H and O–H groups in total. The lowest BCUT2D eigenvalue weighted by molar-refractivity contribution is -0.142. The van der Waals surface area contributed by atoms with E-state index in [0.29, 0.717) is 25.9 Å². The Hall–Kier alpha value is -2.70. The number of ether oxygens (including phenoxy) is 1. The highest BCUT2D eigenvalue weighted by molar-refractivity contribution is 5.74. The van der Waals surface area contributed by atoms with Gasteiger partial charge in [-0.3, -0.25) is 4.79 Å². The molecule has 0 saturated carbocycles. The average molecular weight is 419 g/mol. The molecule has 2 unspecified atom stereocenters. The number of fused-ring (bicyclic) bond motifs is 1. The molecular weight excluding hydrogens is 395 g/mol. The number of nitrogens with zero attached hydrogens (tertiary/aromatic N) is 1. The molecule has 2 heterocycles. The van der Waals surface area contributed by atoms with Gasteiger partial charge in [0.05, 0.1) is 11.5 Å². The molecule has 1 saturated heterocycles. The fourth-order valence-corrected chi connectivity index (χ4v) is 4.23.